The molecule has 3 aromatic carbocycles. The summed E-state index contributed by atoms with van der Waals surface area (Å²) in [6.45, 7) is 1.10. The van der Waals surface area contributed by atoms with E-state index in [0.29, 0.717) is 53.8 Å². The summed E-state index contributed by atoms with van der Waals surface area (Å²) in [7, 11) is 0. The molecule has 3 aliphatic heterocycles. The summed E-state index contributed by atoms with van der Waals surface area (Å²) in [6.07, 6.45) is -0.0952. The summed E-state index contributed by atoms with van der Waals surface area (Å²) in [5, 5.41) is 0. The molecule has 0 amide bonds. The molecule has 0 saturated carbocycles. The van der Waals surface area contributed by atoms with E-state index in [1.807, 2.05) is 0 Å². The molecule has 12 heteroatoms. The number of benzene rings is 3. The van der Waals surface area contributed by atoms with Gasteiger partial charge in [-0.15, -0.1) is 0 Å². The maximum atomic E-state index is 12.3. The van der Waals surface area contributed by atoms with Crippen molar-refractivity contribution in [2.24, 2.45) is 0 Å². The maximum Gasteiger partial charge on any atom is 0.406 e. The fourth-order valence-corrected chi connectivity index (χ4v) is 3.66. The van der Waals surface area contributed by atoms with E-state index < -0.39 is 24.4 Å². The third-order valence-electron chi connectivity index (χ3n) is 6.38. The zero-order valence-electron chi connectivity index (χ0n) is 22.9. The van der Waals surface area contributed by atoms with Gasteiger partial charge >= 0.3 is 24.4 Å². The van der Waals surface area contributed by atoms with E-state index in [-0.39, 0.29) is 38.1 Å². The summed E-state index contributed by atoms with van der Waals surface area (Å²) in [4.78, 5) is 36.8. The first kappa shape index (κ1) is 28.5. The molecule has 3 heterocycles. The van der Waals surface area contributed by atoms with Crippen LogP contribution >= 0.6 is 0 Å². The van der Waals surface area contributed by atoms with Crippen molar-refractivity contribution in [2.45, 2.75) is 24.8 Å². The lowest BCUT2D eigenvalue weighted by atomic mass is 10.2. The third-order valence-corrected chi connectivity index (χ3v) is 6.38. The van der Waals surface area contributed by atoms with Crippen molar-refractivity contribution >= 4 is 17.9 Å². The van der Waals surface area contributed by atoms with E-state index in [9.17, 15) is 14.4 Å². The Morgan fingerprint density at radius 1 is 0.512 bits per heavy atom. The van der Waals surface area contributed by atoms with Crippen LogP contribution in [0.1, 0.15) is 31.1 Å². The van der Waals surface area contributed by atoms with Crippen LogP contribution in [0.5, 0.6) is 17.2 Å². The summed E-state index contributed by atoms with van der Waals surface area (Å²) in [6, 6.07) is 18.8. The van der Waals surface area contributed by atoms with Crippen molar-refractivity contribution in [3.8, 4) is 17.2 Å². The number of hydrogen-bond donors (Lipinski definition) is 0. The lowest BCUT2D eigenvalue weighted by Crippen LogP contribution is -2.30. The minimum absolute atomic E-state index is 0.0317. The average molecular weight is 593 g/mol. The Morgan fingerprint density at radius 2 is 0.767 bits per heavy atom. The molecule has 0 aromatic heterocycles. The lowest BCUT2D eigenvalue weighted by Gasteiger charge is -2.21. The van der Waals surface area contributed by atoms with E-state index >= 15 is 0 Å². The van der Waals surface area contributed by atoms with Crippen LogP contribution in [0.4, 0.5) is 0 Å². The Hall–Kier alpha value is -4.65. The summed E-state index contributed by atoms with van der Waals surface area (Å²) in [5.74, 6) is -0.390. The van der Waals surface area contributed by atoms with Crippen molar-refractivity contribution in [1.82, 2.24) is 0 Å². The van der Waals surface area contributed by atoms with E-state index in [1.165, 1.54) is 0 Å². The zero-order chi connectivity index (χ0) is 29.6. The van der Waals surface area contributed by atoms with Gasteiger partial charge in [-0.05, 0) is 72.8 Å². The summed E-state index contributed by atoms with van der Waals surface area (Å²) < 4.78 is 48.6. The van der Waals surface area contributed by atoms with E-state index in [2.05, 4.69) is 0 Å². The van der Waals surface area contributed by atoms with Crippen LogP contribution in [-0.2, 0) is 28.4 Å². The van der Waals surface area contributed by atoms with Gasteiger partial charge in [-0.1, -0.05) is 0 Å². The number of hydrogen-bond acceptors (Lipinski definition) is 12. The fourth-order valence-electron chi connectivity index (χ4n) is 3.66. The predicted molar refractivity (Wildman–Crippen MR) is 145 cm³/mol. The minimum atomic E-state index is -1.29. The minimum Gasteiger partial charge on any atom is -0.459 e. The second-order valence-corrected chi connectivity index (χ2v) is 9.88. The van der Waals surface area contributed by atoms with Gasteiger partial charge in [-0.25, -0.2) is 14.4 Å². The summed E-state index contributed by atoms with van der Waals surface area (Å²) in [5.41, 5.74) is 1.04. The van der Waals surface area contributed by atoms with Gasteiger partial charge in [0.2, 0.25) is 0 Å². The molecule has 0 aliphatic carbocycles. The molecule has 0 N–H and O–H groups in total. The first-order valence-electron chi connectivity index (χ1n) is 13.6. The molecule has 12 nitrogen and oxygen atoms in total. The molecule has 3 fully saturated rings. The van der Waals surface area contributed by atoms with Crippen LogP contribution in [-0.4, -0.2) is 82.3 Å². The van der Waals surface area contributed by atoms with Crippen LogP contribution in [0, 0.1) is 0 Å². The third kappa shape index (κ3) is 8.67. The Bertz CT molecular complexity index is 1230. The number of ether oxygens (including phenoxy) is 9. The van der Waals surface area contributed by atoms with Crippen molar-refractivity contribution < 1.29 is 57.0 Å². The highest BCUT2D eigenvalue weighted by Gasteiger charge is 2.26. The molecule has 0 spiro atoms. The smallest absolute Gasteiger partial charge is 0.406 e. The van der Waals surface area contributed by atoms with Gasteiger partial charge in [-0.2, -0.15) is 0 Å². The number of carbonyl (C=O) groups is 3. The number of rotatable bonds is 15. The first-order chi connectivity index (χ1) is 21.0. The monoisotopic (exact) mass is 592 g/mol. The second-order valence-electron chi connectivity index (χ2n) is 9.88. The van der Waals surface area contributed by atoms with Crippen molar-refractivity contribution in [3.05, 3.63) is 89.5 Å². The lowest BCUT2D eigenvalue weighted by molar-refractivity contribution is -0.140. The van der Waals surface area contributed by atoms with E-state index in [4.69, 9.17) is 42.6 Å². The number of epoxide rings is 3. The fraction of sp³-hybridized carbons (Fsp3) is 0.323. The van der Waals surface area contributed by atoms with Gasteiger partial charge in [0.05, 0.1) is 36.5 Å². The molecule has 0 bridgehead atoms. The highest BCUT2D eigenvalue weighted by molar-refractivity contribution is 5.90. The van der Waals surface area contributed by atoms with Gasteiger partial charge in [0.15, 0.2) is 0 Å². The maximum absolute atomic E-state index is 12.3. The molecule has 3 saturated heterocycles. The molecule has 3 unspecified atom stereocenters. The molecule has 3 atom stereocenters. The van der Waals surface area contributed by atoms with Gasteiger partial charge in [0, 0.05) is 0 Å². The van der Waals surface area contributed by atoms with Crippen LogP contribution in [0.15, 0.2) is 72.8 Å². The molecule has 224 valence electrons. The van der Waals surface area contributed by atoms with Gasteiger partial charge < -0.3 is 42.6 Å². The Kier molecular flexibility index (Phi) is 8.68. The average Bonchev–Trinajstić information content (AvgIpc) is 3.87. The SMILES string of the molecule is O=C(OCC1CO1)c1ccc(OC(Oc2ccc(C(=O)OCC3CO3)cc2)Oc2ccc(C(=O)OCC3CO3)cc2)cc1. The molecule has 3 aliphatic rings. The molecule has 43 heavy (non-hydrogen) atoms. The van der Waals surface area contributed by atoms with Crippen LogP contribution < -0.4 is 14.2 Å². The standard InChI is InChI=1S/C31H28O12/c32-28(38-16-25-13-35-25)19-1-7-22(8-2-19)41-31(42-23-9-3-20(4-10-23)29(33)39-17-26-14-36-26)43-24-11-5-21(6-12-24)30(34)40-18-27-15-37-27/h1-12,25-27,31H,13-18H2. The molecule has 6 rings (SSSR count). The first-order valence-corrected chi connectivity index (χ1v) is 13.6. The number of esters is 3. The normalized spacial score (nSPS) is 20.2. The van der Waals surface area contributed by atoms with Gasteiger partial charge in [0.1, 0.15) is 55.4 Å². The van der Waals surface area contributed by atoms with E-state index in [1.54, 1.807) is 72.8 Å². The van der Waals surface area contributed by atoms with Crippen LogP contribution in [0.25, 0.3) is 0 Å². The molecular formula is C31H28O12. The highest BCUT2D eigenvalue weighted by atomic mass is 16.8. The Balaban J connectivity index is 1.10. The second kappa shape index (κ2) is 13.1. The number of carbonyl (C=O) groups excluding carboxylic acids is 3. The molecule has 0 radical (unpaired) electrons. The van der Waals surface area contributed by atoms with Crippen molar-refractivity contribution in [2.75, 3.05) is 39.6 Å². The quantitative estimate of drug-likeness (QED) is 0.111. The largest absolute Gasteiger partial charge is 0.459 e. The zero-order valence-corrected chi connectivity index (χ0v) is 22.9. The van der Waals surface area contributed by atoms with E-state index in [0.717, 1.165) is 0 Å². The topological polar surface area (TPSA) is 144 Å². The van der Waals surface area contributed by atoms with Gasteiger partial charge in [-0.3, -0.25) is 0 Å². The molecule has 3 aromatic rings. The van der Waals surface area contributed by atoms with Gasteiger partial charge in [0.25, 0.3) is 0 Å². The van der Waals surface area contributed by atoms with Crippen LogP contribution in [0.2, 0.25) is 0 Å². The van der Waals surface area contributed by atoms with Crippen molar-refractivity contribution in [1.29, 1.82) is 0 Å². The summed E-state index contributed by atoms with van der Waals surface area (Å²) >= 11 is 0. The highest BCUT2D eigenvalue weighted by Crippen LogP contribution is 2.23. The predicted octanol–water partition coefficient (Wildman–Crippen LogP) is 3.17. The van der Waals surface area contributed by atoms with Crippen molar-refractivity contribution in [3.63, 3.8) is 0 Å². The van der Waals surface area contributed by atoms with Crippen LogP contribution in [0.3, 0.4) is 0 Å². The molecular weight excluding hydrogens is 564 g/mol. The Morgan fingerprint density at radius 3 is 1.00 bits per heavy atom. The Labute approximate surface area is 246 Å².